The summed E-state index contributed by atoms with van der Waals surface area (Å²) in [5.41, 5.74) is 8.72. The average Bonchev–Trinajstić information content (AvgIpc) is 2.68. The van der Waals surface area contributed by atoms with Gasteiger partial charge in [0.1, 0.15) is 5.82 Å². The average molecular weight is 297 g/mol. The first-order valence-electron chi connectivity index (χ1n) is 8.12. The molecule has 5 heteroatoms. The maximum absolute atomic E-state index is 5.91. The fourth-order valence-corrected chi connectivity index (χ4v) is 3.26. The second-order valence-corrected chi connectivity index (χ2v) is 5.56. The molecule has 4 rings (SSSR count). The lowest BCUT2D eigenvalue weighted by Gasteiger charge is -2.34. The number of nitrogens with two attached hydrogens (primary N) is 1. The molecule has 0 radical (unpaired) electrons. The van der Waals surface area contributed by atoms with Gasteiger partial charge in [-0.25, -0.2) is 4.98 Å². The number of aryl methyl sites for hydroxylation is 1. The monoisotopic (exact) mass is 297 g/mol. The SMILES string of the molecule is CC.Cc1cc2nc(N)nc3c2c(n1)C=CC1CCCCN31. The third kappa shape index (κ3) is 2.40. The lowest BCUT2D eigenvalue weighted by molar-refractivity contribution is 0.513. The highest BCUT2D eigenvalue weighted by Gasteiger charge is 2.27. The Hall–Kier alpha value is -2.17. The molecule has 1 saturated heterocycles. The van der Waals surface area contributed by atoms with E-state index in [4.69, 9.17) is 5.73 Å². The summed E-state index contributed by atoms with van der Waals surface area (Å²) in [6.45, 7) is 7.01. The molecule has 1 fully saturated rings. The number of hydrogen-bond acceptors (Lipinski definition) is 5. The second kappa shape index (κ2) is 5.91. The van der Waals surface area contributed by atoms with E-state index in [1.54, 1.807) is 0 Å². The predicted octanol–water partition coefficient (Wildman–Crippen LogP) is 3.33. The molecular weight excluding hydrogens is 274 g/mol. The minimum Gasteiger partial charge on any atom is -0.368 e. The van der Waals surface area contributed by atoms with Gasteiger partial charge in [-0.05, 0) is 38.3 Å². The van der Waals surface area contributed by atoms with E-state index >= 15 is 0 Å². The Morgan fingerprint density at radius 3 is 2.82 bits per heavy atom. The molecule has 1 unspecified atom stereocenters. The number of hydrogen-bond donors (Lipinski definition) is 1. The molecule has 0 amide bonds. The summed E-state index contributed by atoms with van der Waals surface area (Å²) in [5, 5.41) is 1.03. The summed E-state index contributed by atoms with van der Waals surface area (Å²) in [6, 6.07) is 2.38. The number of piperidine rings is 1. The Balaban J connectivity index is 0.000000693. The van der Waals surface area contributed by atoms with E-state index < -0.39 is 0 Å². The van der Waals surface area contributed by atoms with Gasteiger partial charge in [-0.2, -0.15) is 4.98 Å². The maximum atomic E-state index is 5.91. The predicted molar refractivity (Wildman–Crippen MR) is 91.8 cm³/mol. The first-order chi connectivity index (χ1) is 10.7. The van der Waals surface area contributed by atoms with Gasteiger partial charge in [0.2, 0.25) is 5.95 Å². The van der Waals surface area contributed by atoms with Crippen LogP contribution in [-0.4, -0.2) is 27.5 Å². The zero-order valence-corrected chi connectivity index (χ0v) is 13.5. The number of pyridine rings is 1. The van der Waals surface area contributed by atoms with E-state index in [0.717, 1.165) is 41.1 Å². The zero-order valence-electron chi connectivity index (χ0n) is 13.5. The summed E-state index contributed by atoms with van der Waals surface area (Å²) in [7, 11) is 0. The van der Waals surface area contributed by atoms with Crippen molar-refractivity contribution in [2.75, 3.05) is 17.2 Å². The summed E-state index contributed by atoms with van der Waals surface area (Å²) >= 11 is 0. The van der Waals surface area contributed by atoms with Crippen LogP contribution in [0.5, 0.6) is 0 Å². The molecule has 0 aliphatic carbocycles. The standard InChI is InChI=1S/C15H17N5.C2H6/c1-9-8-12-13-11(17-9)6-5-10-4-2-3-7-20(10)14(13)19-15(16)18-12;1-2/h5-6,8,10H,2-4,7H2,1H3,(H2,16,18,19);1-2H3. The number of rotatable bonds is 0. The normalized spacial score (nSPS) is 19.2. The topological polar surface area (TPSA) is 67.9 Å². The molecule has 22 heavy (non-hydrogen) atoms. The summed E-state index contributed by atoms with van der Waals surface area (Å²) in [4.78, 5) is 15.9. The zero-order chi connectivity index (χ0) is 15.7. The van der Waals surface area contributed by atoms with Crippen molar-refractivity contribution in [1.82, 2.24) is 15.0 Å². The molecule has 2 aromatic heterocycles. The van der Waals surface area contributed by atoms with E-state index in [1.807, 2.05) is 26.8 Å². The Morgan fingerprint density at radius 1 is 1.18 bits per heavy atom. The Morgan fingerprint density at radius 2 is 2.00 bits per heavy atom. The molecule has 0 spiro atoms. The van der Waals surface area contributed by atoms with Crippen molar-refractivity contribution in [3.8, 4) is 0 Å². The van der Waals surface area contributed by atoms with E-state index in [1.165, 1.54) is 12.8 Å². The van der Waals surface area contributed by atoms with E-state index in [9.17, 15) is 0 Å². The number of nitrogen functional groups attached to an aromatic ring is 1. The fraction of sp³-hybridized carbons (Fsp3) is 0.471. The molecule has 4 heterocycles. The van der Waals surface area contributed by atoms with Crippen molar-refractivity contribution in [2.24, 2.45) is 0 Å². The van der Waals surface area contributed by atoms with Crippen LogP contribution in [0, 0.1) is 6.92 Å². The molecular formula is C17H23N5. The van der Waals surface area contributed by atoms with Gasteiger partial charge in [0, 0.05) is 18.3 Å². The molecule has 0 saturated carbocycles. The molecule has 2 aliphatic rings. The van der Waals surface area contributed by atoms with Gasteiger partial charge in [0.15, 0.2) is 0 Å². The first-order valence-corrected chi connectivity index (χ1v) is 8.12. The van der Waals surface area contributed by atoms with Crippen LogP contribution in [0.3, 0.4) is 0 Å². The number of aromatic nitrogens is 3. The van der Waals surface area contributed by atoms with Crippen LogP contribution < -0.4 is 10.6 Å². The van der Waals surface area contributed by atoms with Crippen molar-refractivity contribution >= 4 is 28.7 Å². The van der Waals surface area contributed by atoms with Crippen molar-refractivity contribution in [3.63, 3.8) is 0 Å². The number of fused-ring (bicyclic) bond motifs is 2. The Bertz CT molecular complexity index is 717. The van der Waals surface area contributed by atoms with Gasteiger partial charge < -0.3 is 10.6 Å². The molecule has 116 valence electrons. The fourth-order valence-electron chi connectivity index (χ4n) is 3.26. The van der Waals surface area contributed by atoms with Gasteiger partial charge in [-0.1, -0.05) is 19.9 Å². The van der Waals surface area contributed by atoms with Crippen molar-refractivity contribution in [1.29, 1.82) is 0 Å². The van der Waals surface area contributed by atoms with Crippen LogP contribution in [0.1, 0.15) is 44.5 Å². The third-order valence-corrected chi connectivity index (χ3v) is 4.13. The second-order valence-electron chi connectivity index (χ2n) is 5.56. The van der Waals surface area contributed by atoms with Gasteiger partial charge in [0.05, 0.1) is 16.6 Å². The molecule has 1 atom stereocenters. The third-order valence-electron chi connectivity index (χ3n) is 4.13. The van der Waals surface area contributed by atoms with Gasteiger partial charge in [-0.3, -0.25) is 4.98 Å². The Labute approximate surface area is 131 Å². The molecule has 5 nitrogen and oxygen atoms in total. The minimum absolute atomic E-state index is 0.343. The highest BCUT2D eigenvalue weighted by molar-refractivity contribution is 5.97. The summed E-state index contributed by atoms with van der Waals surface area (Å²) in [5.74, 6) is 1.29. The highest BCUT2D eigenvalue weighted by atomic mass is 15.2. The van der Waals surface area contributed by atoms with Crippen molar-refractivity contribution in [3.05, 3.63) is 23.5 Å². The van der Waals surface area contributed by atoms with Crippen LogP contribution in [0.2, 0.25) is 0 Å². The lowest BCUT2D eigenvalue weighted by atomic mass is 10.0. The quantitative estimate of drug-likeness (QED) is 0.808. The van der Waals surface area contributed by atoms with Crippen molar-refractivity contribution < 1.29 is 0 Å². The largest absolute Gasteiger partial charge is 0.368 e. The van der Waals surface area contributed by atoms with Gasteiger partial charge in [0.25, 0.3) is 0 Å². The maximum Gasteiger partial charge on any atom is 0.222 e. The minimum atomic E-state index is 0.343. The summed E-state index contributed by atoms with van der Waals surface area (Å²) < 4.78 is 0. The van der Waals surface area contributed by atoms with Crippen molar-refractivity contribution in [2.45, 2.75) is 46.1 Å². The number of anilines is 2. The van der Waals surface area contributed by atoms with Gasteiger partial charge in [-0.15, -0.1) is 0 Å². The molecule has 0 aromatic carbocycles. The molecule has 2 N–H and O–H groups in total. The first kappa shape index (κ1) is 14.8. The molecule has 0 bridgehead atoms. The van der Waals surface area contributed by atoms with Crippen LogP contribution in [0.25, 0.3) is 17.0 Å². The van der Waals surface area contributed by atoms with E-state index in [-0.39, 0.29) is 0 Å². The highest BCUT2D eigenvalue weighted by Crippen LogP contribution is 2.35. The van der Waals surface area contributed by atoms with Crippen LogP contribution in [0.4, 0.5) is 11.8 Å². The van der Waals surface area contributed by atoms with E-state index in [2.05, 4.69) is 32.0 Å². The van der Waals surface area contributed by atoms with E-state index in [0.29, 0.717) is 12.0 Å². The summed E-state index contributed by atoms with van der Waals surface area (Å²) in [6.07, 6.45) is 7.99. The molecule has 2 aromatic rings. The Kier molecular flexibility index (Phi) is 3.96. The van der Waals surface area contributed by atoms with Gasteiger partial charge >= 0.3 is 0 Å². The van der Waals surface area contributed by atoms with Crippen LogP contribution >= 0.6 is 0 Å². The number of nitrogens with zero attached hydrogens (tertiary/aromatic N) is 4. The smallest absolute Gasteiger partial charge is 0.222 e. The molecule has 2 aliphatic heterocycles. The van der Waals surface area contributed by atoms with Crippen LogP contribution in [-0.2, 0) is 0 Å². The lowest BCUT2D eigenvalue weighted by Crippen LogP contribution is -2.38. The van der Waals surface area contributed by atoms with Crippen LogP contribution in [0.15, 0.2) is 12.1 Å².